The van der Waals surface area contributed by atoms with Crippen molar-refractivity contribution in [1.29, 1.82) is 0 Å². The van der Waals surface area contributed by atoms with Crippen LogP contribution >= 0.6 is 0 Å². The Morgan fingerprint density at radius 2 is 2.31 bits per heavy atom. The van der Waals surface area contributed by atoms with Crippen LogP contribution in [0.2, 0.25) is 0 Å². The van der Waals surface area contributed by atoms with Crippen LogP contribution in [-0.4, -0.2) is 25.7 Å². The van der Waals surface area contributed by atoms with Gasteiger partial charge in [0, 0.05) is 12.1 Å². The first-order valence-corrected chi connectivity index (χ1v) is 5.35. The molecule has 0 aromatic heterocycles. The SMILES string of the molecule is CONC(C)CC1CCCCCN1. The molecular weight excluding hydrogens is 164 g/mol. The molecule has 2 atom stereocenters. The Morgan fingerprint density at radius 1 is 1.46 bits per heavy atom. The van der Waals surface area contributed by atoms with Crippen molar-refractivity contribution in [2.45, 2.75) is 51.1 Å². The largest absolute Gasteiger partial charge is 0.314 e. The van der Waals surface area contributed by atoms with Crippen molar-refractivity contribution in [3.63, 3.8) is 0 Å². The van der Waals surface area contributed by atoms with Crippen LogP contribution in [0.1, 0.15) is 39.0 Å². The van der Waals surface area contributed by atoms with E-state index in [-0.39, 0.29) is 0 Å². The first-order chi connectivity index (χ1) is 6.33. The van der Waals surface area contributed by atoms with Crippen molar-refractivity contribution < 1.29 is 4.84 Å². The van der Waals surface area contributed by atoms with Gasteiger partial charge in [-0.2, -0.15) is 0 Å². The predicted molar refractivity (Wildman–Crippen MR) is 54.5 cm³/mol. The van der Waals surface area contributed by atoms with E-state index in [1.807, 2.05) is 0 Å². The molecule has 0 saturated carbocycles. The third-order valence-corrected chi connectivity index (χ3v) is 2.62. The zero-order valence-electron chi connectivity index (χ0n) is 8.81. The Kier molecular flexibility index (Phi) is 5.35. The smallest absolute Gasteiger partial charge is 0.0572 e. The first-order valence-electron chi connectivity index (χ1n) is 5.35. The van der Waals surface area contributed by atoms with Crippen LogP contribution in [-0.2, 0) is 4.84 Å². The van der Waals surface area contributed by atoms with Crippen LogP contribution in [0.4, 0.5) is 0 Å². The maximum absolute atomic E-state index is 4.90. The highest BCUT2D eigenvalue weighted by atomic mass is 16.6. The highest BCUT2D eigenvalue weighted by Gasteiger charge is 2.14. The van der Waals surface area contributed by atoms with Crippen LogP contribution in [0.3, 0.4) is 0 Å². The molecule has 2 unspecified atom stereocenters. The maximum atomic E-state index is 4.90. The van der Waals surface area contributed by atoms with Crippen molar-refractivity contribution in [2.75, 3.05) is 13.7 Å². The van der Waals surface area contributed by atoms with Crippen molar-refractivity contribution >= 4 is 0 Å². The number of hydrogen-bond donors (Lipinski definition) is 2. The summed E-state index contributed by atoms with van der Waals surface area (Å²) in [6, 6.07) is 1.13. The first kappa shape index (κ1) is 11.0. The molecule has 0 amide bonds. The fraction of sp³-hybridized carbons (Fsp3) is 1.00. The van der Waals surface area contributed by atoms with Gasteiger partial charge in [0.25, 0.3) is 0 Å². The summed E-state index contributed by atoms with van der Waals surface area (Å²) in [6.07, 6.45) is 6.57. The van der Waals surface area contributed by atoms with E-state index in [1.54, 1.807) is 7.11 Å². The van der Waals surface area contributed by atoms with E-state index in [2.05, 4.69) is 17.7 Å². The molecule has 13 heavy (non-hydrogen) atoms. The molecule has 0 aromatic rings. The van der Waals surface area contributed by atoms with Gasteiger partial charge < -0.3 is 10.2 Å². The van der Waals surface area contributed by atoms with Gasteiger partial charge in [0.2, 0.25) is 0 Å². The fourth-order valence-electron chi connectivity index (χ4n) is 1.98. The molecule has 0 radical (unpaired) electrons. The standard InChI is InChI=1S/C10H22N2O/c1-9(12-13-2)8-10-6-4-3-5-7-11-10/h9-12H,3-8H2,1-2H3. The lowest BCUT2D eigenvalue weighted by Crippen LogP contribution is -2.36. The summed E-state index contributed by atoms with van der Waals surface area (Å²) < 4.78 is 0. The highest BCUT2D eigenvalue weighted by molar-refractivity contribution is 4.74. The lowest BCUT2D eigenvalue weighted by molar-refractivity contribution is 0.0601. The van der Waals surface area contributed by atoms with E-state index in [0.717, 1.165) is 6.42 Å². The Labute approximate surface area is 81.2 Å². The summed E-state index contributed by atoms with van der Waals surface area (Å²) in [7, 11) is 1.68. The minimum Gasteiger partial charge on any atom is -0.314 e. The maximum Gasteiger partial charge on any atom is 0.0572 e. The zero-order chi connectivity index (χ0) is 9.52. The molecule has 1 fully saturated rings. The van der Waals surface area contributed by atoms with Crippen molar-refractivity contribution in [1.82, 2.24) is 10.8 Å². The molecule has 1 rings (SSSR count). The van der Waals surface area contributed by atoms with Gasteiger partial charge in [-0.3, -0.25) is 0 Å². The van der Waals surface area contributed by atoms with Crippen molar-refractivity contribution in [3.8, 4) is 0 Å². The van der Waals surface area contributed by atoms with E-state index in [1.165, 1.54) is 32.2 Å². The third-order valence-electron chi connectivity index (χ3n) is 2.62. The second-order valence-corrected chi connectivity index (χ2v) is 3.96. The third kappa shape index (κ3) is 4.60. The normalized spacial score (nSPS) is 26.8. The Balaban J connectivity index is 2.17. The molecule has 0 aliphatic carbocycles. The van der Waals surface area contributed by atoms with Crippen LogP contribution in [0.15, 0.2) is 0 Å². The van der Waals surface area contributed by atoms with E-state index < -0.39 is 0 Å². The van der Waals surface area contributed by atoms with E-state index >= 15 is 0 Å². The second kappa shape index (κ2) is 6.35. The summed E-state index contributed by atoms with van der Waals surface area (Å²) >= 11 is 0. The Morgan fingerprint density at radius 3 is 3.08 bits per heavy atom. The topological polar surface area (TPSA) is 33.3 Å². The predicted octanol–water partition coefficient (Wildman–Crippen LogP) is 1.45. The Hall–Kier alpha value is -0.120. The molecule has 78 valence electrons. The molecule has 1 aliphatic rings. The second-order valence-electron chi connectivity index (χ2n) is 3.96. The Bertz CT molecular complexity index is 122. The van der Waals surface area contributed by atoms with Crippen LogP contribution < -0.4 is 10.8 Å². The van der Waals surface area contributed by atoms with Gasteiger partial charge in [-0.05, 0) is 32.7 Å². The van der Waals surface area contributed by atoms with Crippen molar-refractivity contribution in [3.05, 3.63) is 0 Å². The summed E-state index contributed by atoms with van der Waals surface area (Å²) in [4.78, 5) is 4.90. The molecule has 1 saturated heterocycles. The summed E-state index contributed by atoms with van der Waals surface area (Å²) in [5.74, 6) is 0. The summed E-state index contributed by atoms with van der Waals surface area (Å²) in [5.41, 5.74) is 2.97. The van der Waals surface area contributed by atoms with Gasteiger partial charge in [0.1, 0.15) is 0 Å². The molecule has 0 aromatic carbocycles. The minimum absolute atomic E-state index is 0.445. The van der Waals surface area contributed by atoms with Crippen LogP contribution in [0, 0.1) is 0 Å². The highest BCUT2D eigenvalue weighted by Crippen LogP contribution is 2.12. The van der Waals surface area contributed by atoms with E-state index in [9.17, 15) is 0 Å². The molecule has 1 aliphatic heterocycles. The lowest BCUT2D eigenvalue weighted by Gasteiger charge is -2.20. The monoisotopic (exact) mass is 186 g/mol. The van der Waals surface area contributed by atoms with Gasteiger partial charge >= 0.3 is 0 Å². The molecule has 1 heterocycles. The molecule has 0 spiro atoms. The molecule has 0 bridgehead atoms. The van der Waals surface area contributed by atoms with Gasteiger partial charge in [0.15, 0.2) is 0 Å². The number of rotatable bonds is 4. The quantitative estimate of drug-likeness (QED) is 0.652. The fourth-order valence-corrected chi connectivity index (χ4v) is 1.98. The lowest BCUT2D eigenvalue weighted by atomic mass is 10.0. The van der Waals surface area contributed by atoms with E-state index in [0.29, 0.717) is 12.1 Å². The zero-order valence-corrected chi connectivity index (χ0v) is 8.81. The van der Waals surface area contributed by atoms with Gasteiger partial charge in [-0.15, -0.1) is 0 Å². The molecule has 3 heteroatoms. The summed E-state index contributed by atoms with van der Waals surface area (Å²) in [5, 5.41) is 3.58. The van der Waals surface area contributed by atoms with Crippen molar-refractivity contribution in [2.24, 2.45) is 0 Å². The average molecular weight is 186 g/mol. The number of hydrogen-bond acceptors (Lipinski definition) is 3. The molecule has 2 N–H and O–H groups in total. The van der Waals surface area contributed by atoms with Gasteiger partial charge in [-0.25, -0.2) is 5.48 Å². The molecular formula is C10H22N2O. The minimum atomic E-state index is 0.445. The van der Waals surface area contributed by atoms with Gasteiger partial charge in [-0.1, -0.05) is 12.8 Å². The average Bonchev–Trinajstić information content (AvgIpc) is 2.33. The summed E-state index contributed by atoms with van der Waals surface area (Å²) in [6.45, 7) is 3.35. The number of nitrogens with one attached hydrogen (secondary N) is 2. The number of hydroxylamine groups is 1. The molecule has 3 nitrogen and oxygen atoms in total. The van der Waals surface area contributed by atoms with Gasteiger partial charge in [0.05, 0.1) is 7.11 Å². The van der Waals surface area contributed by atoms with E-state index in [4.69, 9.17) is 4.84 Å². The van der Waals surface area contributed by atoms with Crippen LogP contribution in [0.5, 0.6) is 0 Å². The van der Waals surface area contributed by atoms with Crippen LogP contribution in [0.25, 0.3) is 0 Å².